The van der Waals surface area contributed by atoms with Crippen LogP contribution in [-0.4, -0.2) is 17.7 Å². The maximum atomic E-state index is 3.41. The number of hydrogen-bond donors (Lipinski definition) is 1. The molecule has 1 N–H and O–H groups in total. The smallest absolute Gasteiger partial charge is 0.0349 e. The Morgan fingerprint density at radius 3 is 2.31 bits per heavy atom. The first kappa shape index (κ1) is 10.3. The fourth-order valence-electron chi connectivity index (χ4n) is 1.54. The van der Waals surface area contributed by atoms with E-state index in [2.05, 4.69) is 42.8 Å². The summed E-state index contributed by atoms with van der Waals surface area (Å²) >= 11 is 0. The second-order valence-corrected chi connectivity index (χ2v) is 3.52. The van der Waals surface area contributed by atoms with E-state index in [1.54, 1.807) is 0 Å². The Kier molecular flexibility index (Phi) is 4.03. The van der Waals surface area contributed by atoms with Gasteiger partial charge in [-0.25, -0.2) is 0 Å². The number of rotatable bonds is 5. The van der Waals surface area contributed by atoms with E-state index in [0.717, 1.165) is 19.6 Å². The molecule has 0 aliphatic rings. The van der Waals surface area contributed by atoms with Crippen molar-refractivity contribution < 1.29 is 0 Å². The third kappa shape index (κ3) is 2.88. The van der Waals surface area contributed by atoms with Crippen molar-refractivity contribution in [2.24, 2.45) is 0 Å². The Labute approximate surface area is 81.0 Å². The van der Waals surface area contributed by atoms with Crippen molar-refractivity contribution in [2.75, 3.05) is 13.1 Å². The van der Waals surface area contributed by atoms with E-state index in [9.17, 15) is 0 Å². The van der Waals surface area contributed by atoms with E-state index in [-0.39, 0.29) is 0 Å². The Morgan fingerprint density at radius 1 is 1.15 bits per heavy atom. The topological polar surface area (TPSA) is 17.0 Å². The highest BCUT2D eigenvalue weighted by Gasteiger charge is 1.98. The lowest BCUT2D eigenvalue weighted by molar-refractivity contribution is 0.580. The van der Waals surface area contributed by atoms with Crippen LogP contribution in [0.15, 0.2) is 12.1 Å². The number of hydrogen-bond acceptors (Lipinski definition) is 1. The summed E-state index contributed by atoms with van der Waals surface area (Å²) in [5.74, 6) is 0. The summed E-state index contributed by atoms with van der Waals surface area (Å²) < 4.78 is 2.35. The van der Waals surface area contributed by atoms with Crippen LogP contribution in [-0.2, 0) is 6.54 Å². The summed E-state index contributed by atoms with van der Waals surface area (Å²) in [4.78, 5) is 0. The molecule has 1 aromatic heterocycles. The lowest BCUT2D eigenvalue weighted by Crippen LogP contribution is -2.21. The molecule has 2 heteroatoms. The Morgan fingerprint density at radius 2 is 1.77 bits per heavy atom. The minimum atomic E-state index is 1.07. The summed E-state index contributed by atoms with van der Waals surface area (Å²) in [6, 6.07) is 4.35. The van der Waals surface area contributed by atoms with Gasteiger partial charge in [-0.3, -0.25) is 0 Å². The van der Waals surface area contributed by atoms with Crippen molar-refractivity contribution in [3.05, 3.63) is 23.5 Å². The molecule has 0 amide bonds. The fourth-order valence-corrected chi connectivity index (χ4v) is 1.54. The van der Waals surface area contributed by atoms with Gasteiger partial charge in [0, 0.05) is 24.5 Å². The van der Waals surface area contributed by atoms with E-state index < -0.39 is 0 Å². The molecule has 0 atom stereocenters. The largest absolute Gasteiger partial charge is 0.348 e. The fraction of sp³-hybridized carbons (Fsp3) is 0.636. The maximum absolute atomic E-state index is 3.41. The zero-order valence-corrected chi connectivity index (χ0v) is 8.93. The Bertz CT molecular complexity index is 231. The highest BCUT2D eigenvalue weighted by Crippen LogP contribution is 2.05. The molecule has 0 fully saturated rings. The zero-order chi connectivity index (χ0) is 9.68. The normalized spacial score (nSPS) is 10.7. The molecule has 1 heterocycles. The molecular weight excluding hydrogens is 160 g/mol. The first-order chi connectivity index (χ1) is 6.25. The lowest BCUT2D eigenvalue weighted by atomic mass is 10.4. The van der Waals surface area contributed by atoms with E-state index in [0.29, 0.717) is 0 Å². The molecule has 1 rings (SSSR count). The van der Waals surface area contributed by atoms with Crippen LogP contribution in [0.2, 0.25) is 0 Å². The van der Waals surface area contributed by atoms with Crippen LogP contribution in [0, 0.1) is 13.8 Å². The second-order valence-electron chi connectivity index (χ2n) is 3.52. The van der Waals surface area contributed by atoms with Crippen LogP contribution in [0.1, 0.15) is 24.7 Å². The van der Waals surface area contributed by atoms with Gasteiger partial charge in [0.25, 0.3) is 0 Å². The molecule has 0 aliphatic heterocycles. The average Bonchev–Trinajstić information content (AvgIpc) is 2.42. The second kappa shape index (κ2) is 5.07. The highest BCUT2D eigenvalue weighted by molar-refractivity contribution is 5.13. The van der Waals surface area contributed by atoms with Gasteiger partial charge in [0.1, 0.15) is 0 Å². The molecule has 2 nitrogen and oxygen atoms in total. The molecule has 13 heavy (non-hydrogen) atoms. The molecule has 0 spiro atoms. The van der Waals surface area contributed by atoms with Gasteiger partial charge in [0.15, 0.2) is 0 Å². The minimum Gasteiger partial charge on any atom is -0.348 e. The predicted molar refractivity (Wildman–Crippen MR) is 57.1 cm³/mol. The third-order valence-corrected chi connectivity index (χ3v) is 2.36. The van der Waals surface area contributed by atoms with Gasteiger partial charge in [0.05, 0.1) is 0 Å². The van der Waals surface area contributed by atoms with Crippen molar-refractivity contribution in [2.45, 2.75) is 33.7 Å². The van der Waals surface area contributed by atoms with E-state index in [1.807, 2.05) is 0 Å². The van der Waals surface area contributed by atoms with Gasteiger partial charge in [-0.1, -0.05) is 6.92 Å². The quantitative estimate of drug-likeness (QED) is 0.687. The van der Waals surface area contributed by atoms with Gasteiger partial charge >= 0.3 is 0 Å². The van der Waals surface area contributed by atoms with Crippen molar-refractivity contribution in [3.8, 4) is 0 Å². The molecule has 74 valence electrons. The van der Waals surface area contributed by atoms with Gasteiger partial charge in [0.2, 0.25) is 0 Å². The highest BCUT2D eigenvalue weighted by atomic mass is 15.0. The van der Waals surface area contributed by atoms with E-state index in [1.165, 1.54) is 17.8 Å². The average molecular weight is 180 g/mol. The van der Waals surface area contributed by atoms with Crippen LogP contribution in [0.4, 0.5) is 0 Å². The van der Waals surface area contributed by atoms with Crippen molar-refractivity contribution >= 4 is 0 Å². The molecule has 0 aliphatic carbocycles. The third-order valence-electron chi connectivity index (χ3n) is 2.36. The monoisotopic (exact) mass is 180 g/mol. The molecule has 0 unspecified atom stereocenters. The SMILES string of the molecule is CCCNCCn1c(C)ccc1C. The van der Waals surface area contributed by atoms with Gasteiger partial charge < -0.3 is 9.88 Å². The maximum Gasteiger partial charge on any atom is 0.0349 e. The molecule has 0 saturated carbocycles. The minimum absolute atomic E-state index is 1.07. The van der Waals surface area contributed by atoms with Crippen LogP contribution >= 0.6 is 0 Å². The van der Waals surface area contributed by atoms with Crippen LogP contribution in [0.25, 0.3) is 0 Å². The zero-order valence-electron chi connectivity index (χ0n) is 8.93. The van der Waals surface area contributed by atoms with Crippen molar-refractivity contribution in [1.82, 2.24) is 9.88 Å². The lowest BCUT2D eigenvalue weighted by Gasteiger charge is -2.09. The van der Waals surface area contributed by atoms with Crippen LogP contribution in [0.3, 0.4) is 0 Å². The number of aromatic nitrogens is 1. The first-order valence-electron chi connectivity index (χ1n) is 5.09. The summed E-state index contributed by atoms with van der Waals surface area (Å²) in [5, 5.41) is 3.41. The summed E-state index contributed by atoms with van der Waals surface area (Å²) in [7, 11) is 0. The number of aryl methyl sites for hydroxylation is 2. The van der Waals surface area contributed by atoms with Gasteiger partial charge in [-0.2, -0.15) is 0 Å². The number of nitrogens with one attached hydrogen (secondary N) is 1. The first-order valence-corrected chi connectivity index (χ1v) is 5.09. The van der Waals surface area contributed by atoms with Gasteiger partial charge in [-0.15, -0.1) is 0 Å². The summed E-state index contributed by atoms with van der Waals surface area (Å²) in [6.07, 6.45) is 1.21. The molecular formula is C11H20N2. The van der Waals surface area contributed by atoms with Crippen molar-refractivity contribution in [3.63, 3.8) is 0 Å². The van der Waals surface area contributed by atoms with Crippen molar-refractivity contribution in [1.29, 1.82) is 0 Å². The van der Waals surface area contributed by atoms with E-state index >= 15 is 0 Å². The number of nitrogens with zero attached hydrogens (tertiary/aromatic N) is 1. The Balaban J connectivity index is 2.36. The van der Waals surface area contributed by atoms with E-state index in [4.69, 9.17) is 0 Å². The molecule has 0 radical (unpaired) electrons. The standard InChI is InChI=1S/C11H20N2/c1-4-7-12-8-9-13-10(2)5-6-11(13)3/h5-6,12H,4,7-9H2,1-3H3. The summed E-state index contributed by atoms with van der Waals surface area (Å²) in [6.45, 7) is 9.80. The molecule has 0 bridgehead atoms. The predicted octanol–water partition coefficient (Wildman–Crippen LogP) is 2.10. The van der Waals surface area contributed by atoms with Crippen LogP contribution < -0.4 is 5.32 Å². The Hall–Kier alpha value is -0.760. The summed E-state index contributed by atoms with van der Waals surface area (Å²) in [5.41, 5.74) is 2.71. The van der Waals surface area contributed by atoms with Crippen LogP contribution in [0.5, 0.6) is 0 Å². The molecule has 0 saturated heterocycles. The molecule has 0 aromatic carbocycles. The van der Waals surface area contributed by atoms with Gasteiger partial charge in [-0.05, 0) is 38.9 Å². The molecule has 1 aromatic rings.